The number of nitrogens with two attached hydrogens (primary N) is 1. The molecule has 0 radical (unpaired) electrons. The van der Waals surface area contributed by atoms with Gasteiger partial charge in [-0.1, -0.05) is 6.92 Å². The van der Waals surface area contributed by atoms with Crippen LogP contribution in [0, 0.1) is 0 Å². The van der Waals surface area contributed by atoms with E-state index in [1.807, 2.05) is 0 Å². The maximum atomic E-state index is 5.89. The quantitative estimate of drug-likeness (QED) is 0.729. The molecule has 0 aromatic rings. The van der Waals surface area contributed by atoms with Crippen molar-refractivity contribution in [2.45, 2.75) is 64.6 Å². The van der Waals surface area contributed by atoms with E-state index in [0.29, 0.717) is 12.6 Å². The summed E-state index contributed by atoms with van der Waals surface area (Å²) >= 11 is 0. The van der Waals surface area contributed by atoms with E-state index in [-0.39, 0.29) is 11.1 Å². The van der Waals surface area contributed by atoms with Gasteiger partial charge < -0.3 is 10.5 Å². The predicted octanol–water partition coefficient (Wildman–Crippen LogP) is 2.25. The van der Waals surface area contributed by atoms with Gasteiger partial charge in [-0.3, -0.25) is 4.90 Å². The lowest BCUT2D eigenvalue weighted by molar-refractivity contribution is -0.0188. The first-order valence-electron chi connectivity index (χ1n) is 6.18. The molecule has 0 bridgehead atoms. The van der Waals surface area contributed by atoms with Crippen molar-refractivity contribution < 1.29 is 4.74 Å². The van der Waals surface area contributed by atoms with Gasteiger partial charge in [0.05, 0.1) is 5.60 Å². The average molecular weight is 230 g/mol. The Morgan fingerprint density at radius 1 is 1.25 bits per heavy atom. The minimum Gasteiger partial charge on any atom is -0.379 e. The smallest absolute Gasteiger partial charge is 0.0638 e. The number of hydrogen-bond acceptors (Lipinski definition) is 3. The molecule has 0 fully saturated rings. The summed E-state index contributed by atoms with van der Waals surface area (Å²) in [7, 11) is 3.92. The number of hydrogen-bond donors (Lipinski definition) is 1. The molecule has 0 rings (SSSR count). The van der Waals surface area contributed by atoms with Crippen molar-refractivity contribution >= 4 is 0 Å². The number of nitrogens with zero attached hydrogens (tertiary/aromatic N) is 1. The third-order valence-electron chi connectivity index (χ3n) is 3.92. The van der Waals surface area contributed by atoms with Gasteiger partial charge in [-0.05, 0) is 47.6 Å². The fraction of sp³-hybridized carbons (Fsp3) is 1.00. The molecule has 0 aromatic carbocycles. The number of methoxy groups -OCH3 is 1. The van der Waals surface area contributed by atoms with E-state index in [9.17, 15) is 0 Å². The van der Waals surface area contributed by atoms with E-state index >= 15 is 0 Å². The van der Waals surface area contributed by atoms with Crippen LogP contribution >= 0.6 is 0 Å². The van der Waals surface area contributed by atoms with E-state index in [4.69, 9.17) is 10.5 Å². The Labute approximate surface area is 101 Å². The van der Waals surface area contributed by atoms with Crippen LogP contribution in [0.2, 0.25) is 0 Å². The largest absolute Gasteiger partial charge is 0.379 e. The van der Waals surface area contributed by atoms with Crippen molar-refractivity contribution in [3.63, 3.8) is 0 Å². The molecular formula is C13H30N2O. The molecule has 16 heavy (non-hydrogen) atoms. The first kappa shape index (κ1) is 15.9. The van der Waals surface area contributed by atoms with Crippen molar-refractivity contribution in [1.82, 2.24) is 4.90 Å². The lowest BCUT2D eigenvalue weighted by atomic mass is 9.92. The summed E-state index contributed by atoms with van der Waals surface area (Å²) in [6.07, 6.45) is 2.08. The van der Waals surface area contributed by atoms with Crippen molar-refractivity contribution in [2.24, 2.45) is 5.73 Å². The van der Waals surface area contributed by atoms with E-state index < -0.39 is 0 Å². The molecule has 0 aromatic heterocycles. The SMILES string of the molecule is CCC(C)(C)N(C)C(CN)CC(C)(C)OC. The minimum atomic E-state index is -0.109. The summed E-state index contributed by atoms with van der Waals surface area (Å²) in [5.74, 6) is 0. The van der Waals surface area contributed by atoms with Crippen LogP contribution in [0.5, 0.6) is 0 Å². The summed E-state index contributed by atoms with van der Waals surface area (Å²) in [6, 6.07) is 0.366. The Kier molecular flexibility index (Phi) is 5.94. The van der Waals surface area contributed by atoms with Crippen LogP contribution in [0.25, 0.3) is 0 Å². The Balaban J connectivity index is 4.62. The van der Waals surface area contributed by atoms with Crippen LogP contribution in [0.4, 0.5) is 0 Å². The fourth-order valence-corrected chi connectivity index (χ4v) is 1.77. The van der Waals surface area contributed by atoms with E-state index in [2.05, 4.69) is 46.6 Å². The van der Waals surface area contributed by atoms with Crippen molar-refractivity contribution in [3.8, 4) is 0 Å². The maximum absolute atomic E-state index is 5.89. The summed E-state index contributed by atoms with van der Waals surface area (Å²) in [4.78, 5) is 2.38. The molecule has 0 heterocycles. The third kappa shape index (κ3) is 4.40. The normalized spacial score (nSPS) is 15.6. The molecule has 98 valence electrons. The molecule has 2 N–H and O–H groups in total. The van der Waals surface area contributed by atoms with Crippen LogP contribution in [0.15, 0.2) is 0 Å². The highest BCUT2D eigenvalue weighted by Gasteiger charge is 2.31. The second-order valence-corrected chi connectivity index (χ2v) is 5.83. The van der Waals surface area contributed by atoms with E-state index in [0.717, 1.165) is 12.8 Å². The molecule has 3 nitrogen and oxygen atoms in total. The maximum Gasteiger partial charge on any atom is 0.0638 e. The van der Waals surface area contributed by atoms with Crippen molar-refractivity contribution in [1.29, 1.82) is 0 Å². The number of ether oxygens (including phenoxy) is 1. The highest BCUT2D eigenvalue weighted by atomic mass is 16.5. The fourth-order valence-electron chi connectivity index (χ4n) is 1.77. The summed E-state index contributed by atoms with van der Waals surface area (Å²) in [5.41, 5.74) is 5.97. The minimum absolute atomic E-state index is 0.109. The number of likely N-dealkylation sites (N-methyl/N-ethyl adjacent to an activating group) is 1. The topological polar surface area (TPSA) is 38.5 Å². The van der Waals surface area contributed by atoms with E-state index in [1.54, 1.807) is 7.11 Å². The van der Waals surface area contributed by atoms with Crippen molar-refractivity contribution in [2.75, 3.05) is 20.7 Å². The predicted molar refractivity (Wildman–Crippen MR) is 70.7 cm³/mol. The molecule has 0 aliphatic carbocycles. The summed E-state index contributed by atoms with van der Waals surface area (Å²) in [5, 5.41) is 0. The zero-order chi connectivity index (χ0) is 13.0. The lowest BCUT2D eigenvalue weighted by Crippen LogP contribution is -2.52. The molecule has 0 aliphatic heterocycles. The summed E-state index contributed by atoms with van der Waals surface area (Å²) < 4.78 is 5.48. The van der Waals surface area contributed by atoms with Gasteiger partial charge in [0.2, 0.25) is 0 Å². The summed E-state index contributed by atoms with van der Waals surface area (Å²) in [6.45, 7) is 11.6. The highest BCUT2D eigenvalue weighted by molar-refractivity contribution is 4.87. The van der Waals surface area contributed by atoms with Gasteiger partial charge in [0.1, 0.15) is 0 Å². The van der Waals surface area contributed by atoms with Gasteiger partial charge in [0, 0.05) is 25.2 Å². The van der Waals surface area contributed by atoms with Gasteiger partial charge in [-0.25, -0.2) is 0 Å². The zero-order valence-electron chi connectivity index (χ0n) is 12.1. The first-order chi connectivity index (χ1) is 7.20. The standard InChI is InChI=1S/C13H30N2O/c1-8-12(2,3)15(6)11(10-14)9-13(4,5)16-7/h11H,8-10,14H2,1-7H3. The third-order valence-corrected chi connectivity index (χ3v) is 3.92. The molecule has 0 spiro atoms. The first-order valence-corrected chi connectivity index (χ1v) is 6.18. The second-order valence-electron chi connectivity index (χ2n) is 5.83. The van der Waals surface area contributed by atoms with Gasteiger partial charge in [-0.15, -0.1) is 0 Å². The monoisotopic (exact) mass is 230 g/mol. The highest BCUT2D eigenvalue weighted by Crippen LogP contribution is 2.24. The average Bonchev–Trinajstić information content (AvgIpc) is 2.25. The molecule has 0 saturated heterocycles. The Hall–Kier alpha value is -0.120. The van der Waals surface area contributed by atoms with E-state index in [1.165, 1.54) is 0 Å². The molecule has 0 aliphatic rings. The molecule has 1 atom stereocenters. The molecule has 1 unspecified atom stereocenters. The van der Waals surface area contributed by atoms with Crippen LogP contribution in [-0.4, -0.2) is 42.8 Å². The lowest BCUT2D eigenvalue weighted by Gasteiger charge is -2.42. The van der Waals surface area contributed by atoms with Gasteiger partial charge >= 0.3 is 0 Å². The Bertz CT molecular complexity index is 202. The van der Waals surface area contributed by atoms with Gasteiger partial charge in [0.15, 0.2) is 0 Å². The van der Waals surface area contributed by atoms with Gasteiger partial charge in [0.25, 0.3) is 0 Å². The van der Waals surface area contributed by atoms with Crippen LogP contribution in [0.1, 0.15) is 47.5 Å². The van der Waals surface area contributed by atoms with Crippen molar-refractivity contribution in [3.05, 3.63) is 0 Å². The molecule has 3 heteroatoms. The Morgan fingerprint density at radius 2 is 1.75 bits per heavy atom. The molecule has 0 saturated carbocycles. The van der Waals surface area contributed by atoms with Gasteiger partial charge in [-0.2, -0.15) is 0 Å². The molecular weight excluding hydrogens is 200 g/mol. The Morgan fingerprint density at radius 3 is 2.06 bits per heavy atom. The zero-order valence-corrected chi connectivity index (χ0v) is 12.1. The second kappa shape index (κ2) is 5.99. The number of rotatable bonds is 7. The molecule has 0 amide bonds. The van der Waals surface area contributed by atoms with Crippen LogP contribution in [0.3, 0.4) is 0 Å². The van der Waals surface area contributed by atoms with Crippen LogP contribution in [-0.2, 0) is 4.74 Å². The van der Waals surface area contributed by atoms with Crippen LogP contribution < -0.4 is 5.73 Å².